The van der Waals surface area contributed by atoms with Crippen molar-refractivity contribution >= 4 is 40.9 Å². The molecular weight excluding hydrogens is 317 g/mol. The highest BCUT2D eigenvalue weighted by Crippen LogP contribution is 2.29. The van der Waals surface area contributed by atoms with Crippen molar-refractivity contribution in [3.63, 3.8) is 0 Å². The van der Waals surface area contributed by atoms with Gasteiger partial charge in [0.25, 0.3) is 0 Å². The number of aliphatic hydroxyl groups is 1. The minimum atomic E-state index is 0.0649. The summed E-state index contributed by atoms with van der Waals surface area (Å²) >= 11 is 13.3. The van der Waals surface area contributed by atoms with Crippen LogP contribution in [0.1, 0.15) is 19.3 Å². The highest BCUT2D eigenvalue weighted by atomic mass is 35.5. The number of unbranched alkanes of at least 4 members (excludes halogenated alkanes) is 2. The van der Waals surface area contributed by atoms with Gasteiger partial charge in [-0.1, -0.05) is 23.2 Å². The lowest BCUT2D eigenvalue weighted by molar-refractivity contribution is -0.127. The molecule has 0 aromatic heterocycles. The van der Waals surface area contributed by atoms with Gasteiger partial charge in [-0.2, -0.15) is 0 Å². The van der Waals surface area contributed by atoms with E-state index in [-0.39, 0.29) is 12.5 Å². The fourth-order valence-corrected chi connectivity index (χ4v) is 3.03. The van der Waals surface area contributed by atoms with E-state index in [0.717, 1.165) is 24.2 Å². The minimum absolute atomic E-state index is 0.0649. The number of hydrogen-bond acceptors (Lipinski definition) is 3. The first-order valence-corrected chi connectivity index (χ1v) is 8.21. The van der Waals surface area contributed by atoms with E-state index in [1.807, 2.05) is 0 Å². The smallest absolute Gasteiger partial charge is 0.232 e. The van der Waals surface area contributed by atoms with Crippen molar-refractivity contribution in [2.45, 2.75) is 24.2 Å². The van der Waals surface area contributed by atoms with Crippen molar-refractivity contribution in [1.29, 1.82) is 0 Å². The van der Waals surface area contributed by atoms with Crippen LogP contribution in [0, 0.1) is 0 Å². The average Bonchev–Trinajstić information content (AvgIpc) is 2.44. The number of hydrogen-bond donors (Lipinski definition) is 1. The van der Waals surface area contributed by atoms with Crippen LogP contribution in [0.15, 0.2) is 23.1 Å². The highest BCUT2D eigenvalue weighted by molar-refractivity contribution is 8.00. The fourth-order valence-electron chi connectivity index (χ4n) is 1.60. The summed E-state index contributed by atoms with van der Waals surface area (Å²) in [6.07, 6.45) is 2.63. The second-order valence-corrected chi connectivity index (χ2v) is 6.32. The van der Waals surface area contributed by atoms with E-state index >= 15 is 0 Å². The summed E-state index contributed by atoms with van der Waals surface area (Å²) in [5.41, 5.74) is 0. The largest absolute Gasteiger partial charge is 0.396 e. The molecule has 0 heterocycles. The van der Waals surface area contributed by atoms with Crippen LogP contribution in [0.25, 0.3) is 0 Å². The Morgan fingerprint density at radius 3 is 2.75 bits per heavy atom. The Morgan fingerprint density at radius 1 is 1.30 bits per heavy atom. The molecule has 0 unspecified atom stereocenters. The van der Waals surface area contributed by atoms with Gasteiger partial charge in [-0.05, 0) is 37.5 Å². The lowest BCUT2D eigenvalue weighted by atomic mass is 10.2. The zero-order chi connectivity index (χ0) is 15.0. The molecule has 0 aliphatic rings. The quantitative estimate of drug-likeness (QED) is 0.581. The second-order valence-electron chi connectivity index (χ2n) is 4.46. The minimum Gasteiger partial charge on any atom is -0.396 e. The van der Waals surface area contributed by atoms with Crippen LogP contribution in [-0.2, 0) is 4.79 Å². The Hall–Kier alpha value is -0.420. The SMILES string of the molecule is CN(CCCCCO)C(=O)CSc1cc(Cl)ccc1Cl. The van der Waals surface area contributed by atoms with Crippen LogP contribution in [0.3, 0.4) is 0 Å². The maximum absolute atomic E-state index is 12.0. The molecule has 1 rings (SSSR count). The molecule has 20 heavy (non-hydrogen) atoms. The lowest BCUT2D eigenvalue weighted by Gasteiger charge is -2.17. The predicted molar refractivity (Wildman–Crippen MR) is 85.8 cm³/mol. The topological polar surface area (TPSA) is 40.5 Å². The Kier molecular flexibility index (Phi) is 8.38. The molecule has 112 valence electrons. The Labute approximate surface area is 134 Å². The molecule has 0 saturated heterocycles. The molecule has 3 nitrogen and oxygen atoms in total. The molecule has 0 atom stereocenters. The van der Waals surface area contributed by atoms with Crippen molar-refractivity contribution in [3.8, 4) is 0 Å². The molecule has 0 radical (unpaired) electrons. The number of carbonyl (C=O) groups is 1. The van der Waals surface area contributed by atoms with Crippen LogP contribution in [0.2, 0.25) is 10.0 Å². The first kappa shape index (κ1) is 17.6. The zero-order valence-electron chi connectivity index (χ0n) is 11.4. The van der Waals surface area contributed by atoms with E-state index in [1.165, 1.54) is 11.8 Å². The second kappa shape index (κ2) is 9.50. The Balaban J connectivity index is 2.36. The van der Waals surface area contributed by atoms with E-state index in [4.69, 9.17) is 28.3 Å². The van der Waals surface area contributed by atoms with Gasteiger partial charge in [0, 0.05) is 30.1 Å². The van der Waals surface area contributed by atoms with Crippen molar-refractivity contribution < 1.29 is 9.90 Å². The van der Waals surface area contributed by atoms with E-state index in [1.54, 1.807) is 30.1 Å². The van der Waals surface area contributed by atoms with Crippen LogP contribution in [0.5, 0.6) is 0 Å². The Morgan fingerprint density at radius 2 is 2.05 bits per heavy atom. The third kappa shape index (κ3) is 6.35. The van der Waals surface area contributed by atoms with Crippen LogP contribution >= 0.6 is 35.0 Å². The molecular formula is C14H19Cl2NO2S. The summed E-state index contributed by atoms with van der Waals surface area (Å²) in [6.45, 7) is 0.920. The standard InChI is InChI=1S/C14H19Cl2NO2S/c1-17(7-3-2-4-8-18)14(19)10-20-13-9-11(15)5-6-12(13)16/h5-6,9,18H,2-4,7-8,10H2,1H3. The molecule has 6 heteroatoms. The van der Waals surface area contributed by atoms with Crippen LogP contribution in [0.4, 0.5) is 0 Å². The molecule has 1 aromatic carbocycles. The van der Waals surface area contributed by atoms with E-state index in [9.17, 15) is 4.79 Å². The van der Waals surface area contributed by atoms with Gasteiger partial charge < -0.3 is 10.0 Å². The van der Waals surface area contributed by atoms with Gasteiger partial charge in [0.2, 0.25) is 5.91 Å². The van der Waals surface area contributed by atoms with Gasteiger partial charge >= 0.3 is 0 Å². The molecule has 0 spiro atoms. The van der Waals surface area contributed by atoms with E-state index in [2.05, 4.69) is 0 Å². The van der Waals surface area contributed by atoms with Gasteiger partial charge in [0.1, 0.15) is 0 Å². The first-order valence-electron chi connectivity index (χ1n) is 6.47. The van der Waals surface area contributed by atoms with Gasteiger partial charge in [0.05, 0.1) is 10.8 Å². The van der Waals surface area contributed by atoms with Crippen molar-refractivity contribution in [2.75, 3.05) is 26.0 Å². The molecule has 0 fully saturated rings. The summed E-state index contributed by atoms with van der Waals surface area (Å²) in [5, 5.41) is 9.91. The van der Waals surface area contributed by atoms with E-state index in [0.29, 0.717) is 22.3 Å². The monoisotopic (exact) mass is 335 g/mol. The molecule has 1 amide bonds. The molecule has 1 aromatic rings. The van der Waals surface area contributed by atoms with Crippen LogP contribution < -0.4 is 0 Å². The van der Waals surface area contributed by atoms with Gasteiger partial charge in [-0.3, -0.25) is 4.79 Å². The summed E-state index contributed by atoms with van der Waals surface area (Å²) in [5.74, 6) is 0.409. The summed E-state index contributed by atoms with van der Waals surface area (Å²) in [7, 11) is 1.79. The van der Waals surface area contributed by atoms with Gasteiger partial charge in [0.15, 0.2) is 0 Å². The molecule has 1 N–H and O–H groups in total. The number of nitrogens with zero attached hydrogens (tertiary/aromatic N) is 1. The van der Waals surface area contributed by atoms with Crippen LogP contribution in [-0.4, -0.2) is 41.9 Å². The van der Waals surface area contributed by atoms with Gasteiger partial charge in [-0.25, -0.2) is 0 Å². The zero-order valence-corrected chi connectivity index (χ0v) is 13.8. The summed E-state index contributed by atoms with van der Waals surface area (Å²) in [6, 6.07) is 5.22. The van der Waals surface area contributed by atoms with Gasteiger partial charge in [-0.15, -0.1) is 11.8 Å². The number of rotatable bonds is 8. The first-order chi connectivity index (χ1) is 9.54. The number of halogens is 2. The predicted octanol–water partition coefficient (Wildman–Crippen LogP) is 3.71. The molecule has 0 saturated carbocycles. The third-order valence-corrected chi connectivity index (χ3v) is 4.54. The highest BCUT2D eigenvalue weighted by Gasteiger charge is 2.10. The van der Waals surface area contributed by atoms with Crippen molar-refractivity contribution in [3.05, 3.63) is 28.2 Å². The number of aliphatic hydroxyl groups excluding tert-OH is 1. The fraction of sp³-hybridized carbons (Fsp3) is 0.500. The number of benzene rings is 1. The molecule has 0 aliphatic carbocycles. The normalized spacial score (nSPS) is 10.6. The van der Waals surface area contributed by atoms with Crippen molar-refractivity contribution in [1.82, 2.24) is 4.90 Å². The Bertz CT molecular complexity index is 443. The lowest BCUT2D eigenvalue weighted by Crippen LogP contribution is -2.29. The number of carbonyl (C=O) groups excluding carboxylic acids is 1. The maximum atomic E-state index is 12.0. The average molecular weight is 336 g/mol. The summed E-state index contributed by atoms with van der Waals surface area (Å²) in [4.78, 5) is 14.5. The molecule has 0 aliphatic heterocycles. The van der Waals surface area contributed by atoms with E-state index < -0.39 is 0 Å². The van der Waals surface area contributed by atoms with Crippen molar-refractivity contribution in [2.24, 2.45) is 0 Å². The number of amides is 1. The third-order valence-electron chi connectivity index (χ3n) is 2.82. The molecule has 0 bridgehead atoms. The summed E-state index contributed by atoms with van der Waals surface area (Å²) < 4.78 is 0. The maximum Gasteiger partial charge on any atom is 0.232 e. The number of thioether (sulfide) groups is 1.